The SMILES string of the molecule is c1cc2[nH]cc(-c3[nH]c4ccc5nccc5c4c4c3CCCC4)c2cn1. The molecule has 6 rings (SSSR count). The van der Waals surface area contributed by atoms with E-state index < -0.39 is 0 Å². The molecular weight excluding hydrogens is 320 g/mol. The Hall–Kier alpha value is -3.14. The smallest absolute Gasteiger partial charge is 0.0710 e. The second-order valence-corrected chi connectivity index (χ2v) is 7.15. The van der Waals surface area contributed by atoms with Crippen molar-refractivity contribution in [2.75, 3.05) is 0 Å². The Kier molecular flexibility index (Phi) is 2.80. The van der Waals surface area contributed by atoms with Crippen molar-refractivity contribution in [1.82, 2.24) is 19.9 Å². The van der Waals surface area contributed by atoms with Gasteiger partial charge in [0.05, 0.1) is 11.2 Å². The maximum atomic E-state index is 4.50. The fraction of sp³-hybridized carbons (Fsp3) is 0.182. The first-order chi connectivity index (χ1) is 12.9. The number of pyridine rings is 2. The van der Waals surface area contributed by atoms with Crippen LogP contribution in [-0.4, -0.2) is 19.9 Å². The van der Waals surface area contributed by atoms with Crippen molar-refractivity contribution in [3.05, 3.63) is 60.2 Å². The van der Waals surface area contributed by atoms with Gasteiger partial charge in [-0.15, -0.1) is 0 Å². The number of benzene rings is 1. The van der Waals surface area contributed by atoms with Gasteiger partial charge in [0.25, 0.3) is 0 Å². The lowest BCUT2D eigenvalue weighted by Crippen LogP contribution is -2.07. The number of hydrogen-bond donors (Lipinski definition) is 2. The normalized spacial score (nSPS) is 14.3. The monoisotopic (exact) mass is 338 g/mol. The summed E-state index contributed by atoms with van der Waals surface area (Å²) in [6, 6.07) is 8.47. The van der Waals surface area contributed by atoms with Crippen LogP contribution in [0.25, 0.3) is 44.0 Å². The molecule has 0 spiro atoms. The van der Waals surface area contributed by atoms with Crippen LogP contribution in [0.15, 0.2) is 49.1 Å². The molecule has 1 aliphatic rings. The Morgan fingerprint density at radius 3 is 2.73 bits per heavy atom. The number of aromatic nitrogens is 4. The van der Waals surface area contributed by atoms with Crippen molar-refractivity contribution in [1.29, 1.82) is 0 Å². The summed E-state index contributed by atoms with van der Waals surface area (Å²) in [5.74, 6) is 0. The minimum Gasteiger partial charge on any atom is -0.360 e. The Morgan fingerprint density at radius 1 is 0.846 bits per heavy atom. The summed E-state index contributed by atoms with van der Waals surface area (Å²) in [6.07, 6.45) is 12.6. The zero-order chi connectivity index (χ0) is 17.1. The van der Waals surface area contributed by atoms with Crippen LogP contribution >= 0.6 is 0 Å². The quantitative estimate of drug-likeness (QED) is 0.445. The summed E-state index contributed by atoms with van der Waals surface area (Å²) < 4.78 is 0. The maximum absolute atomic E-state index is 4.50. The topological polar surface area (TPSA) is 57.4 Å². The third kappa shape index (κ3) is 1.84. The van der Waals surface area contributed by atoms with E-state index in [0.29, 0.717) is 0 Å². The fourth-order valence-electron chi connectivity index (χ4n) is 4.58. The predicted molar refractivity (Wildman–Crippen MR) is 105 cm³/mol. The molecule has 26 heavy (non-hydrogen) atoms. The van der Waals surface area contributed by atoms with Gasteiger partial charge >= 0.3 is 0 Å². The van der Waals surface area contributed by atoms with E-state index in [1.165, 1.54) is 56.9 Å². The molecule has 0 amide bonds. The highest BCUT2D eigenvalue weighted by Gasteiger charge is 2.21. The van der Waals surface area contributed by atoms with Crippen molar-refractivity contribution in [3.63, 3.8) is 0 Å². The molecule has 1 aliphatic carbocycles. The van der Waals surface area contributed by atoms with Crippen molar-refractivity contribution < 1.29 is 0 Å². The number of hydrogen-bond acceptors (Lipinski definition) is 2. The molecule has 5 aromatic rings. The molecule has 4 heteroatoms. The minimum atomic E-state index is 1.09. The van der Waals surface area contributed by atoms with Gasteiger partial charge in [-0.2, -0.15) is 0 Å². The number of fused-ring (bicyclic) bond motifs is 6. The zero-order valence-electron chi connectivity index (χ0n) is 14.3. The number of aromatic amines is 2. The van der Waals surface area contributed by atoms with E-state index in [9.17, 15) is 0 Å². The van der Waals surface area contributed by atoms with E-state index in [2.05, 4.69) is 44.3 Å². The fourth-order valence-corrected chi connectivity index (χ4v) is 4.58. The highest BCUT2D eigenvalue weighted by Crippen LogP contribution is 2.39. The summed E-state index contributed by atoms with van der Waals surface area (Å²) in [6.45, 7) is 0. The Bertz CT molecular complexity index is 1290. The van der Waals surface area contributed by atoms with E-state index in [1.807, 2.05) is 24.7 Å². The van der Waals surface area contributed by atoms with Gasteiger partial charge in [0.15, 0.2) is 0 Å². The molecule has 0 atom stereocenters. The van der Waals surface area contributed by atoms with Gasteiger partial charge < -0.3 is 9.97 Å². The summed E-state index contributed by atoms with van der Waals surface area (Å²) >= 11 is 0. The third-order valence-electron chi connectivity index (χ3n) is 5.76. The second-order valence-electron chi connectivity index (χ2n) is 7.15. The van der Waals surface area contributed by atoms with Gasteiger partial charge in [-0.3, -0.25) is 9.97 Å². The highest BCUT2D eigenvalue weighted by atomic mass is 14.8. The van der Waals surface area contributed by atoms with E-state index in [1.54, 1.807) is 0 Å². The third-order valence-corrected chi connectivity index (χ3v) is 5.76. The predicted octanol–water partition coefficient (Wildman–Crippen LogP) is 5.14. The van der Waals surface area contributed by atoms with Crippen molar-refractivity contribution in [3.8, 4) is 11.3 Å². The molecule has 4 heterocycles. The van der Waals surface area contributed by atoms with Crippen molar-refractivity contribution in [2.45, 2.75) is 25.7 Å². The lowest BCUT2D eigenvalue weighted by Gasteiger charge is -2.22. The second kappa shape index (κ2) is 5.18. The van der Waals surface area contributed by atoms with E-state index >= 15 is 0 Å². The van der Waals surface area contributed by atoms with E-state index in [0.717, 1.165) is 23.9 Å². The van der Waals surface area contributed by atoms with Crippen LogP contribution in [-0.2, 0) is 12.8 Å². The summed E-state index contributed by atoms with van der Waals surface area (Å²) in [4.78, 5) is 16.0. The van der Waals surface area contributed by atoms with Crippen LogP contribution in [0.4, 0.5) is 0 Å². The van der Waals surface area contributed by atoms with Gasteiger partial charge in [-0.1, -0.05) is 0 Å². The van der Waals surface area contributed by atoms with Gasteiger partial charge in [0, 0.05) is 57.5 Å². The van der Waals surface area contributed by atoms with Gasteiger partial charge in [-0.25, -0.2) is 0 Å². The van der Waals surface area contributed by atoms with Crippen LogP contribution in [0.1, 0.15) is 24.0 Å². The molecule has 0 saturated carbocycles. The molecular formula is C22H18N4. The Balaban J connectivity index is 1.75. The molecule has 4 aromatic heterocycles. The maximum Gasteiger partial charge on any atom is 0.0710 e. The molecule has 0 aliphatic heterocycles. The molecule has 2 N–H and O–H groups in total. The van der Waals surface area contributed by atoms with E-state index in [-0.39, 0.29) is 0 Å². The van der Waals surface area contributed by atoms with E-state index in [4.69, 9.17) is 0 Å². The van der Waals surface area contributed by atoms with Crippen LogP contribution in [0, 0.1) is 0 Å². The Morgan fingerprint density at radius 2 is 1.77 bits per heavy atom. The molecule has 4 nitrogen and oxygen atoms in total. The van der Waals surface area contributed by atoms with Crippen LogP contribution in [0.3, 0.4) is 0 Å². The van der Waals surface area contributed by atoms with Crippen molar-refractivity contribution >= 4 is 32.7 Å². The summed E-state index contributed by atoms with van der Waals surface area (Å²) in [5, 5.41) is 3.80. The van der Waals surface area contributed by atoms with Gasteiger partial charge in [0.2, 0.25) is 0 Å². The lowest BCUT2D eigenvalue weighted by atomic mass is 9.85. The molecule has 126 valence electrons. The standard InChI is InChI=1S/C22H18N4/c1-2-4-14-13(3-1)21-15-7-10-24-18(15)5-6-20(21)26-22(14)17-12-25-19-8-9-23-11-16(17)19/h5-12,25-26H,1-4H2. The minimum absolute atomic E-state index is 1.09. The molecule has 0 bridgehead atoms. The first-order valence-electron chi connectivity index (χ1n) is 9.23. The van der Waals surface area contributed by atoms with Gasteiger partial charge in [-0.05, 0) is 61.1 Å². The average molecular weight is 338 g/mol. The largest absolute Gasteiger partial charge is 0.360 e. The lowest BCUT2D eigenvalue weighted by molar-refractivity contribution is 0.689. The van der Waals surface area contributed by atoms with Gasteiger partial charge in [0.1, 0.15) is 0 Å². The number of H-pyrrole nitrogens is 2. The summed E-state index contributed by atoms with van der Waals surface area (Å²) in [5.41, 5.74) is 8.82. The average Bonchev–Trinajstić information content (AvgIpc) is 3.34. The molecule has 0 fully saturated rings. The molecule has 1 aromatic carbocycles. The number of aryl methyl sites for hydroxylation is 1. The van der Waals surface area contributed by atoms with Crippen LogP contribution in [0.5, 0.6) is 0 Å². The molecule has 0 radical (unpaired) electrons. The molecule has 0 unspecified atom stereocenters. The first kappa shape index (κ1) is 14.1. The van der Waals surface area contributed by atoms with Crippen LogP contribution < -0.4 is 0 Å². The highest BCUT2D eigenvalue weighted by molar-refractivity contribution is 6.09. The molecule has 0 saturated heterocycles. The Labute approximate surface area is 150 Å². The van der Waals surface area contributed by atoms with Crippen molar-refractivity contribution in [2.24, 2.45) is 0 Å². The summed E-state index contributed by atoms with van der Waals surface area (Å²) in [7, 11) is 0. The number of rotatable bonds is 1. The number of nitrogens with zero attached hydrogens (tertiary/aromatic N) is 2. The number of nitrogens with one attached hydrogen (secondary N) is 2. The van der Waals surface area contributed by atoms with Crippen LogP contribution in [0.2, 0.25) is 0 Å². The first-order valence-corrected chi connectivity index (χ1v) is 9.23. The zero-order valence-corrected chi connectivity index (χ0v) is 14.3.